The summed E-state index contributed by atoms with van der Waals surface area (Å²) in [6.45, 7) is 8.50. The molecule has 5 heterocycles. The fourth-order valence-electron chi connectivity index (χ4n) is 7.47. The summed E-state index contributed by atoms with van der Waals surface area (Å²) >= 11 is 14.3. The molecule has 2 amide bonds. The normalized spacial score (nSPS) is 16.7. The fourth-order valence-corrected chi connectivity index (χ4v) is 9.41. The number of sulfone groups is 1. The minimum absolute atomic E-state index is 0.0433. The van der Waals surface area contributed by atoms with Crippen molar-refractivity contribution in [3.8, 4) is 39.4 Å². The summed E-state index contributed by atoms with van der Waals surface area (Å²) in [7, 11) is -1.42. The largest absolute Gasteiger partial charge is 0.481 e. The van der Waals surface area contributed by atoms with E-state index in [9.17, 15) is 22.8 Å². The van der Waals surface area contributed by atoms with Gasteiger partial charge < -0.3 is 29.9 Å². The zero-order valence-corrected chi connectivity index (χ0v) is 36.9. The maximum atomic E-state index is 13.4. The Morgan fingerprint density at radius 3 is 2.33 bits per heavy atom. The molecule has 322 valence electrons. The molecular weight excluding hydrogens is 841 g/mol. The summed E-state index contributed by atoms with van der Waals surface area (Å²) < 4.78 is 36.4. The predicted molar refractivity (Wildman–Crippen MR) is 237 cm³/mol. The van der Waals surface area contributed by atoms with Gasteiger partial charge in [-0.3, -0.25) is 14.0 Å². The first kappa shape index (κ1) is 44.0. The molecule has 3 aromatic heterocycles. The van der Waals surface area contributed by atoms with Crippen molar-refractivity contribution in [1.29, 1.82) is 0 Å². The van der Waals surface area contributed by atoms with Crippen molar-refractivity contribution in [3.63, 3.8) is 0 Å². The number of pyridine rings is 2. The Kier molecular flexibility index (Phi) is 13.4. The number of carbonyl (C=O) groups excluding carboxylic acids is 2. The smallest absolute Gasteiger partial charge is 0.410 e. The standard InChI is InChI=1S/C44H49Cl2N7O7S/c1-44(2,3)60-43(56)52(27-31-12-14-38(54)49-31)26-29-11-13-36(50-41(29)59-4)35-10-6-9-34(40(35)46)33-8-5-7-32(39(33)45)28-15-17-53-37(23-28)48-25-30(42(53)55)24-47-16-18-51-19-21-61(57,58)22-20-51/h5-11,13,15,17,23,25,31,47H,12,14,16,18-22,24,26-27H2,1-4H3,(H,49,54)/t31-/m0/s1. The molecular formula is C44H49Cl2N7O7S. The van der Waals surface area contributed by atoms with E-state index in [0.717, 1.165) is 11.1 Å². The number of amides is 2. The zero-order chi connectivity index (χ0) is 43.5. The van der Waals surface area contributed by atoms with Gasteiger partial charge in [0.2, 0.25) is 11.8 Å². The molecule has 61 heavy (non-hydrogen) atoms. The van der Waals surface area contributed by atoms with E-state index in [-0.39, 0.29) is 42.1 Å². The van der Waals surface area contributed by atoms with Gasteiger partial charge in [-0.2, -0.15) is 0 Å². The SMILES string of the molecule is COc1nc(-c2cccc(-c3cccc(-c4ccn5c(=O)c(CNCCN6CCS(=O)(=O)CC6)cnc5c4)c3Cl)c2Cl)ccc1CN(C[C@@H]1CCC(=O)N1)C(=O)OC(C)(C)C. The van der Waals surface area contributed by atoms with E-state index >= 15 is 0 Å². The molecule has 2 aromatic carbocycles. The van der Waals surface area contributed by atoms with Gasteiger partial charge in [-0.15, -0.1) is 0 Å². The van der Waals surface area contributed by atoms with Crippen LogP contribution >= 0.6 is 23.2 Å². The first-order valence-electron chi connectivity index (χ1n) is 20.1. The molecule has 0 aliphatic carbocycles. The van der Waals surface area contributed by atoms with Crippen LogP contribution in [0, 0.1) is 0 Å². The third-order valence-electron chi connectivity index (χ3n) is 10.7. The third kappa shape index (κ3) is 10.5. The van der Waals surface area contributed by atoms with Crippen LogP contribution in [0.25, 0.3) is 39.2 Å². The first-order chi connectivity index (χ1) is 29.1. The number of fused-ring (bicyclic) bond motifs is 1. The van der Waals surface area contributed by atoms with Crippen LogP contribution in [0.4, 0.5) is 4.79 Å². The number of benzene rings is 2. The number of hydrogen-bond donors (Lipinski definition) is 2. The van der Waals surface area contributed by atoms with Gasteiger partial charge in [-0.25, -0.2) is 23.2 Å². The minimum atomic E-state index is -2.93. The Hall–Kier alpha value is -5.06. The van der Waals surface area contributed by atoms with Crippen molar-refractivity contribution in [1.82, 2.24) is 34.8 Å². The lowest BCUT2D eigenvalue weighted by atomic mass is 9.97. The van der Waals surface area contributed by atoms with Crippen LogP contribution in [-0.4, -0.2) is 108 Å². The number of halogens is 2. The van der Waals surface area contributed by atoms with Crippen LogP contribution in [0.5, 0.6) is 5.88 Å². The lowest BCUT2D eigenvalue weighted by molar-refractivity contribution is -0.119. The topological polar surface area (TPSA) is 165 Å². The number of ether oxygens (including phenoxy) is 2. The average molecular weight is 891 g/mol. The summed E-state index contributed by atoms with van der Waals surface area (Å²) in [4.78, 5) is 51.7. The van der Waals surface area contributed by atoms with Gasteiger partial charge in [0.05, 0.1) is 40.9 Å². The fraction of sp³-hybridized carbons (Fsp3) is 0.386. The highest BCUT2D eigenvalue weighted by Gasteiger charge is 2.30. The van der Waals surface area contributed by atoms with Crippen molar-refractivity contribution in [3.05, 3.63) is 105 Å². The molecule has 2 aliphatic heterocycles. The number of rotatable bonds is 13. The van der Waals surface area contributed by atoms with Crippen LogP contribution < -0.4 is 20.9 Å². The van der Waals surface area contributed by atoms with Crippen molar-refractivity contribution < 1.29 is 27.5 Å². The molecule has 14 nitrogen and oxygen atoms in total. The third-order valence-corrected chi connectivity index (χ3v) is 13.1. The molecule has 0 bridgehead atoms. The molecule has 0 unspecified atom stereocenters. The van der Waals surface area contributed by atoms with Crippen LogP contribution in [0.15, 0.2) is 77.9 Å². The van der Waals surface area contributed by atoms with Crippen molar-refractivity contribution >= 4 is 50.7 Å². The van der Waals surface area contributed by atoms with Gasteiger partial charge in [0, 0.05) is 97.5 Å². The number of methoxy groups -OCH3 is 1. The summed E-state index contributed by atoms with van der Waals surface area (Å²) in [5, 5.41) is 7.10. The molecule has 2 aliphatic rings. The molecule has 2 saturated heterocycles. The lowest BCUT2D eigenvalue weighted by Gasteiger charge is -2.29. The van der Waals surface area contributed by atoms with Gasteiger partial charge >= 0.3 is 6.09 Å². The van der Waals surface area contributed by atoms with E-state index in [0.29, 0.717) is 101 Å². The molecule has 0 radical (unpaired) electrons. The maximum Gasteiger partial charge on any atom is 0.410 e. The molecule has 0 saturated carbocycles. The van der Waals surface area contributed by atoms with E-state index in [2.05, 4.69) is 20.5 Å². The summed E-state index contributed by atoms with van der Waals surface area (Å²) in [6.07, 6.45) is 3.79. The van der Waals surface area contributed by atoms with Crippen molar-refractivity contribution in [2.75, 3.05) is 51.3 Å². The molecule has 17 heteroatoms. The Labute approximate surface area is 365 Å². The number of aromatic nitrogens is 3. The number of nitrogens with zero attached hydrogens (tertiary/aromatic N) is 5. The van der Waals surface area contributed by atoms with Crippen LogP contribution in [-0.2, 0) is 32.5 Å². The van der Waals surface area contributed by atoms with Crippen molar-refractivity contribution in [2.24, 2.45) is 0 Å². The van der Waals surface area contributed by atoms with Crippen LogP contribution in [0.2, 0.25) is 10.0 Å². The Balaban J connectivity index is 1.09. The summed E-state index contributed by atoms with van der Waals surface area (Å²) in [5.41, 5.74) is 4.78. The lowest BCUT2D eigenvalue weighted by Crippen LogP contribution is -2.43. The average Bonchev–Trinajstić information content (AvgIpc) is 3.64. The number of hydrogen-bond acceptors (Lipinski definition) is 11. The van der Waals surface area contributed by atoms with Crippen molar-refractivity contribution in [2.45, 2.75) is 58.3 Å². The highest BCUT2D eigenvalue weighted by molar-refractivity contribution is 7.91. The zero-order valence-electron chi connectivity index (χ0n) is 34.5. The summed E-state index contributed by atoms with van der Waals surface area (Å²) in [5.74, 6) is 0.623. The van der Waals surface area contributed by atoms with Crippen LogP contribution in [0.3, 0.4) is 0 Å². The van der Waals surface area contributed by atoms with Gasteiger partial charge in [-0.1, -0.05) is 59.6 Å². The van der Waals surface area contributed by atoms with Gasteiger partial charge in [0.1, 0.15) is 11.2 Å². The first-order valence-corrected chi connectivity index (χ1v) is 22.7. The molecule has 1 atom stereocenters. The highest BCUT2D eigenvalue weighted by atomic mass is 35.5. The highest BCUT2D eigenvalue weighted by Crippen LogP contribution is 2.42. The van der Waals surface area contributed by atoms with E-state index in [1.807, 2.05) is 60.7 Å². The summed E-state index contributed by atoms with van der Waals surface area (Å²) in [6, 6.07) is 18.4. The van der Waals surface area contributed by atoms with Gasteiger partial charge in [0.25, 0.3) is 5.56 Å². The molecule has 7 rings (SSSR count). The molecule has 2 N–H and O–H groups in total. The predicted octanol–water partition coefficient (Wildman–Crippen LogP) is 6.24. The van der Waals surface area contributed by atoms with E-state index in [1.54, 1.807) is 38.1 Å². The number of carbonyl (C=O) groups is 2. The minimum Gasteiger partial charge on any atom is -0.481 e. The molecule has 5 aromatic rings. The molecule has 2 fully saturated rings. The van der Waals surface area contributed by atoms with E-state index in [4.69, 9.17) is 37.7 Å². The Morgan fingerprint density at radius 2 is 1.66 bits per heavy atom. The van der Waals surface area contributed by atoms with Gasteiger partial charge in [0.15, 0.2) is 9.84 Å². The second-order valence-electron chi connectivity index (χ2n) is 16.3. The van der Waals surface area contributed by atoms with Gasteiger partial charge in [-0.05, 0) is 57.0 Å². The second kappa shape index (κ2) is 18.5. The quantitative estimate of drug-likeness (QED) is 0.129. The van der Waals surface area contributed by atoms with E-state index in [1.165, 1.54) is 11.5 Å². The Morgan fingerprint density at radius 1 is 0.967 bits per heavy atom. The number of nitrogens with one attached hydrogen (secondary N) is 2. The molecule has 0 spiro atoms. The second-order valence-corrected chi connectivity index (χ2v) is 19.3. The van der Waals surface area contributed by atoms with Crippen LogP contribution in [0.1, 0.15) is 44.7 Å². The monoisotopic (exact) mass is 889 g/mol. The maximum absolute atomic E-state index is 13.4. The Bertz CT molecular complexity index is 2620. The van der Waals surface area contributed by atoms with E-state index < -0.39 is 21.5 Å².